The molecule has 0 saturated heterocycles. The Kier molecular flexibility index (Phi) is 4.22. The van der Waals surface area contributed by atoms with Gasteiger partial charge in [0.15, 0.2) is 0 Å². The fourth-order valence-electron chi connectivity index (χ4n) is 1.94. The Hall–Kier alpha value is -2.51. The molecule has 0 atom stereocenters. The average Bonchev–Trinajstić information content (AvgIpc) is 3.04. The number of nitrogens with one attached hydrogen (secondary N) is 1. The summed E-state index contributed by atoms with van der Waals surface area (Å²) in [5, 5.41) is 14.0. The lowest BCUT2D eigenvalue weighted by Gasteiger charge is -2.11. The predicted molar refractivity (Wildman–Crippen MR) is 83.5 cm³/mol. The topological polar surface area (TPSA) is 72.7 Å². The van der Waals surface area contributed by atoms with Gasteiger partial charge in [-0.25, -0.2) is 4.39 Å². The summed E-state index contributed by atoms with van der Waals surface area (Å²) in [4.78, 5) is 12.5. The van der Waals surface area contributed by atoms with E-state index < -0.39 is 11.7 Å². The monoisotopic (exact) mass is 351 g/mol. The maximum absolute atomic E-state index is 13.5. The number of amides is 1. The van der Waals surface area contributed by atoms with Gasteiger partial charge in [-0.2, -0.15) is 4.68 Å². The van der Waals surface area contributed by atoms with Crippen LogP contribution in [0.1, 0.15) is 10.4 Å². The van der Waals surface area contributed by atoms with E-state index in [-0.39, 0.29) is 10.6 Å². The number of hydrogen-bond acceptors (Lipinski definition) is 4. The Morgan fingerprint density at radius 3 is 2.70 bits per heavy atom. The van der Waals surface area contributed by atoms with E-state index in [1.165, 1.54) is 29.2 Å². The quantitative estimate of drug-likeness (QED) is 0.785. The third-order valence-corrected chi connectivity index (χ3v) is 3.53. The van der Waals surface area contributed by atoms with E-state index in [2.05, 4.69) is 20.8 Å². The highest BCUT2D eigenvalue weighted by molar-refractivity contribution is 6.36. The van der Waals surface area contributed by atoms with Gasteiger partial charge >= 0.3 is 0 Å². The van der Waals surface area contributed by atoms with E-state index in [9.17, 15) is 9.18 Å². The normalized spacial score (nSPS) is 10.6. The minimum Gasteiger partial charge on any atom is -0.321 e. The van der Waals surface area contributed by atoms with Crippen molar-refractivity contribution in [2.24, 2.45) is 0 Å². The summed E-state index contributed by atoms with van der Waals surface area (Å²) in [5.74, 6) is -1.12. The summed E-state index contributed by atoms with van der Waals surface area (Å²) < 4.78 is 14.8. The largest absolute Gasteiger partial charge is 0.321 e. The molecule has 0 aliphatic rings. The zero-order chi connectivity index (χ0) is 16.4. The van der Waals surface area contributed by atoms with Gasteiger partial charge in [-0.15, -0.1) is 5.10 Å². The van der Waals surface area contributed by atoms with E-state index in [1.807, 2.05) is 0 Å². The minimum absolute atomic E-state index is 0.0586. The summed E-state index contributed by atoms with van der Waals surface area (Å²) in [6.45, 7) is 0. The molecule has 1 amide bonds. The Balaban J connectivity index is 1.97. The minimum atomic E-state index is -0.561. The number of rotatable bonds is 3. The molecule has 23 heavy (non-hydrogen) atoms. The second-order valence-corrected chi connectivity index (χ2v) is 5.34. The third kappa shape index (κ3) is 3.30. The number of carbonyl (C=O) groups excluding carboxylic acids is 1. The number of anilines is 1. The first-order chi connectivity index (χ1) is 11.0. The standard InChI is InChI=1S/C14H8Cl2FN5O/c15-8-1-3-12(11(16)5-8)19-14(23)10-6-9(17)2-4-13(10)22-7-18-20-21-22/h1-7H,(H,19,23). The van der Waals surface area contributed by atoms with Crippen LogP contribution >= 0.6 is 23.2 Å². The van der Waals surface area contributed by atoms with E-state index in [0.29, 0.717) is 16.4 Å². The maximum atomic E-state index is 13.5. The highest BCUT2D eigenvalue weighted by Gasteiger charge is 2.16. The molecule has 6 nitrogen and oxygen atoms in total. The molecular formula is C14H8Cl2FN5O. The van der Waals surface area contributed by atoms with Crippen molar-refractivity contribution in [1.29, 1.82) is 0 Å². The van der Waals surface area contributed by atoms with E-state index in [1.54, 1.807) is 12.1 Å². The van der Waals surface area contributed by atoms with Gasteiger partial charge in [-0.05, 0) is 46.8 Å². The van der Waals surface area contributed by atoms with E-state index in [4.69, 9.17) is 23.2 Å². The predicted octanol–water partition coefficient (Wildman–Crippen LogP) is 3.36. The average molecular weight is 352 g/mol. The van der Waals surface area contributed by atoms with Gasteiger partial charge in [-0.1, -0.05) is 23.2 Å². The first-order valence-corrected chi connectivity index (χ1v) is 7.09. The molecule has 3 rings (SSSR count). The van der Waals surface area contributed by atoms with Crippen LogP contribution in [0, 0.1) is 5.82 Å². The van der Waals surface area contributed by atoms with Crippen molar-refractivity contribution in [2.75, 3.05) is 5.32 Å². The number of nitrogens with zero attached hydrogens (tertiary/aromatic N) is 4. The second kappa shape index (κ2) is 6.31. The lowest BCUT2D eigenvalue weighted by atomic mass is 10.1. The summed E-state index contributed by atoms with van der Waals surface area (Å²) >= 11 is 11.8. The number of benzene rings is 2. The molecule has 0 aliphatic carbocycles. The molecule has 1 N–H and O–H groups in total. The van der Waals surface area contributed by atoms with E-state index in [0.717, 1.165) is 6.07 Å². The molecule has 0 radical (unpaired) electrons. The van der Waals surface area contributed by atoms with Gasteiger partial charge in [0.1, 0.15) is 12.1 Å². The van der Waals surface area contributed by atoms with Crippen LogP contribution in [0.4, 0.5) is 10.1 Å². The molecule has 0 fully saturated rings. The lowest BCUT2D eigenvalue weighted by Crippen LogP contribution is -2.16. The van der Waals surface area contributed by atoms with Gasteiger partial charge < -0.3 is 5.32 Å². The summed E-state index contributed by atoms with van der Waals surface area (Å²) in [6, 6.07) is 8.34. The maximum Gasteiger partial charge on any atom is 0.258 e. The van der Waals surface area contributed by atoms with Crippen LogP contribution in [0.5, 0.6) is 0 Å². The van der Waals surface area contributed by atoms with Crippen molar-refractivity contribution in [3.05, 3.63) is 64.2 Å². The molecule has 9 heteroatoms. The third-order valence-electron chi connectivity index (χ3n) is 2.98. The Labute approximate surface area is 139 Å². The first-order valence-electron chi connectivity index (χ1n) is 6.34. The van der Waals surface area contributed by atoms with Gasteiger partial charge in [0.05, 0.1) is 22.0 Å². The second-order valence-electron chi connectivity index (χ2n) is 4.49. The molecule has 0 saturated carbocycles. The number of tetrazole rings is 1. The summed E-state index contributed by atoms with van der Waals surface area (Å²) in [7, 11) is 0. The lowest BCUT2D eigenvalue weighted by molar-refractivity contribution is 0.102. The fraction of sp³-hybridized carbons (Fsp3) is 0. The van der Waals surface area contributed by atoms with Gasteiger partial charge in [-0.3, -0.25) is 4.79 Å². The van der Waals surface area contributed by atoms with Crippen LogP contribution in [0.25, 0.3) is 5.69 Å². The van der Waals surface area contributed by atoms with Crippen LogP contribution < -0.4 is 5.32 Å². The number of halogens is 3. The molecule has 0 unspecified atom stereocenters. The fourth-order valence-corrected chi connectivity index (χ4v) is 2.40. The van der Waals surface area contributed by atoms with Crippen molar-refractivity contribution in [3.8, 4) is 5.69 Å². The first kappa shape index (κ1) is 15.4. The van der Waals surface area contributed by atoms with Crippen LogP contribution in [0.2, 0.25) is 10.0 Å². The zero-order valence-corrected chi connectivity index (χ0v) is 12.9. The van der Waals surface area contributed by atoms with Crippen molar-refractivity contribution in [1.82, 2.24) is 20.2 Å². The van der Waals surface area contributed by atoms with Gasteiger partial charge in [0.25, 0.3) is 5.91 Å². The van der Waals surface area contributed by atoms with Crippen LogP contribution in [-0.4, -0.2) is 26.1 Å². The SMILES string of the molecule is O=C(Nc1ccc(Cl)cc1Cl)c1cc(F)ccc1-n1cnnn1. The molecule has 3 aromatic rings. The van der Waals surface area contributed by atoms with Crippen molar-refractivity contribution < 1.29 is 9.18 Å². The molecular weight excluding hydrogens is 344 g/mol. The number of carbonyl (C=O) groups is 1. The molecule has 2 aromatic carbocycles. The molecule has 0 bridgehead atoms. The van der Waals surface area contributed by atoms with Crippen molar-refractivity contribution in [2.45, 2.75) is 0 Å². The summed E-state index contributed by atoms with van der Waals surface area (Å²) in [5.41, 5.74) is 0.746. The van der Waals surface area contributed by atoms with Crippen molar-refractivity contribution in [3.63, 3.8) is 0 Å². The zero-order valence-electron chi connectivity index (χ0n) is 11.4. The van der Waals surface area contributed by atoms with E-state index >= 15 is 0 Å². The molecule has 116 valence electrons. The Morgan fingerprint density at radius 1 is 1.17 bits per heavy atom. The summed E-state index contributed by atoms with van der Waals surface area (Å²) in [6.07, 6.45) is 1.30. The molecule has 0 spiro atoms. The number of aromatic nitrogens is 4. The van der Waals surface area contributed by atoms with Crippen LogP contribution in [-0.2, 0) is 0 Å². The van der Waals surface area contributed by atoms with Crippen LogP contribution in [0.3, 0.4) is 0 Å². The van der Waals surface area contributed by atoms with Gasteiger partial charge in [0, 0.05) is 5.02 Å². The Bertz CT molecular complexity index is 870. The highest BCUT2D eigenvalue weighted by atomic mass is 35.5. The number of hydrogen-bond donors (Lipinski definition) is 1. The highest BCUT2D eigenvalue weighted by Crippen LogP contribution is 2.26. The van der Waals surface area contributed by atoms with Gasteiger partial charge in [0.2, 0.25) is 0 Å². The van der Waals surface area contributed by atoms with Crippen molar-refractivity contribution >= 4 is 34.8 Å². The molecule has 1 heterocycles. The molecule has 1 aromatic heterocycles. The van der Waals surface area contributed by atoms with Crippen LogP contribution in [0.15, 0.2) is 42.7 Å². The Morgan fingerprint density at radius 2 is 2.00 bits per heavy atom. The smallest absolute Gasteiger partial charge is 0.258 e. The molecule has 0 aliphatic heterocycles.